The molecule has 1 nitrogen and oxygen atoms in total. The van der Waals surface area contributed by atoms with Crippen LogP contribution in [-0.2, 0) is 10.8 Å². The Bertz CT molecular complexity index is 640. The van der Waals surface area contributed by atoms with Gasteiger partial charge in [-0.3, -0.25) is 0 Å². The van der Waals surface area contributed by atoms with Crippen molar-refractivity contribution in [1.82, 2.24) is 0 Å². The zero-order valence-electron chi connectivity index (χ0n) is 14.0. The van der Waals surface area contributed by atoms with Gasteiger partial charge in [0, 0.05) is 5.69 Å². The fourth-order valence-electron chi connectivity index (χ4n) is 2.46. The second-order valence-electron chi connectivity index (χ2n) is 7.79. The molecule has 1 heteroatoms. The first-order valence-electron chi connectivity index (χ1n) is 7.51. The Morgan fingerprint density at radius 2 is 1.43 bits per heavy atom. The maximum atomic E-state index is 6.15. The van der Waals surface area contributed by atoms with Crippen LogP contribution in [0.2, 0.25) is 0 Å². The third-order valence-electron chi connectivity index (χ3n) is 3.80. The molecule has 1 radical (unpaired) electrons. The molecule has 0 aliphatic rings. The Hall–Kier alpha value is -1.76. The predicted octanol–water partition coefficient (Wildman–Crippen LogP) is 5.33. The van der Waals surface area contributed by atoms with Gasteiger partial charge >= 0.3 is 0 Å². The number of nitrogen functional groups attached to an aromatic ring is 1. The van der Waals surface area contributed by atoms with Crippen LogP contribution in [0.1, 0.15) is 52.7 Å². The van der Waals surface area contributed by atoms with Crippen molar-refractivity contribution in [2.24, 2.45) is 0 Å². The highest BCUT2D eigenvalue weighted by Crippen LogP contribution is 2.33. The van der Waals surface area contributed by atoms with Crippen molar-refractivity contribution in [3.05, 3.63) is 53.6 Å². The van der Waals surface area contributed by atoms with Crippen LogP contribution in [0.4, 0.5) is 5.69 Å². The second-order valence-corrected chi connectivity index (χ2v) is 7.79. The summed E-state index contributed by atoms with van der Waals surface area (Å²) < 4.78 is 0. The van der Waals surface area contributed by atoms with Crippen molar-refractivity contribution in [2.75, 3.05) is 5.73 Å². The first-order valence-corrected chi connectivity index (χ1v) is 7.51. The van der Waals surface area contributed by atoms with Crippen LogP contribution < -0.4 is 5.73 Å². The molecule has 111 valence electrons. The second kappa shape index (κ2) is 5.22. The SMILES string of the molecule is CC(C)(C)c1[c]ccc(-c2ccc(N)c(C(C)(C)C)c2)c1. The van der Waals surface area contributed by atoms with Gasteiger partial charge in [-0.2, -0.15) is 0 Å². The summed E-state index contributed by atoms with van der Waals surface area (Å²) in [7, 11) is 0. The molecule has 0 spiro atoms. The fraction of sp³-hybridized carbons (Fsp3) is 0.400. The van der Waals surface area contributed by atoms with Gasteiger partial charge in [-0.15, -0.1) is 0 Å². The van der Waals surface area contributed by atoms with Gasteiger partial charge in [0.15, 0.2) is 0 Å². The van der Waals surface area contributed by atoms with E-state index in [1.54, 1.807) is 0 Å². The molecular weight excluding hydrogens is 254 g/mol. The Morgan fingerprint density at radius 1 is 0.810 bits per heavy atom. The minimum atomic E-state index is 0.0495. The normalized spacial score (nSPS) is 12.5. The highest BCUT2D eigenvalue weighted by atomic mass is 14.6. The van der Waals surface area contributed by atoms with E-state index < -0.39 is 0 Å². The van der Waals surface area contributed by atoms with Gasteiger partial charge < -0.3 is 5.73 Å². The average molecular weight is 280 g/mol. The number of hydrogen-bond donors (Lipinski definition) is 1. The van der Waals surface area contributed by atoms with Crippen molar-refractivity contribution in [1.29, 1.82) is 0 Å². The quantitative estimate of drug-likeness (QED) is 0.702. The van der Waals surface area contributed by atoms with E-state index in [0.29, 0.717) is 0 Å². The molecule has 0 bridgehead atoms. The van der Waals surface area contributed by atoms with Gasteiger partial charge in [-0.05, 0) is 51.3 Å². The van der Waals surface area contributed by atoms with Gasteiger partial charge in [-0.25, -0.2) is 0 Å². The topological polar surface area (TPSA) is 26.0 Å². The number of anilines is 1. The molecule has 0 fully saturated rings. The first kappa shape index (κ1) is 15.6. The van der Waals surface area contributed by atoms with Crippen molar-refractivity contribution in [3.63, 3.8) is 0 Å². The molecule has 2 aromatic rings. The summed E-state index contributed by atoms with van der Waals surface area (Å²) in [4.78, 5) is 0. The van der Waals surface area contributed by atoms with Crippen molar-refractivity contribution in [3.8, 4) is 11.1 Å². The van der Waals surface area contributed by atoms with Gasteiger partial charge in [0.1, 0.15) is 0 Å². The predicted molar refractivity (Wildman–Crippen MR) is 92.5 cm³/mol. The molecule has 0 saturated carbocycles. The monoisotopic (exact) mass is 280 g/mol. The highest BCUT2D eigenvalue weighted by molar-refractivity contribution is 5.69. The molecule has 0 unspecified atom stereocenters. The summed E-state index contributed by atoms with van der Waals surface area (Å²) in [5.74, 6) is 0. The van der Waals surface area contributed by atoms with E-state index in [-0.39, 0.29) is 10.8 Å². The Balaban J connectivity index is 2.53. The van der Waals surface area contributed by atoms with E-state index in [1.807, 2.05) is 12.1 Å². The van der Waals surface area contributed by atoms with Gasteiger partial charge in [0.25, 0.3) is 0 Å². The third-order valence-corrected chi connectivity index (χ3v) is 3.80. The third kappa shape index (κ3) is 3.47. The summed E-state index contributed by atoms with van der Waals surface area (Å²) in [6.45, 7) is 13.2. The van der Waals surface area contributed by atoms with E-state index in [4.69, 9.17) is 5.73 Å². The largest absolute Gasteiger partial charge is 0.398 e. The van der Waals surface area contributed by atoms with Gasteiger partial charge in [0.2, 0.25) is 0 Å². The Kier molecular flexibility index (Phi) is 3.88. The minimum Gasteiger partial charge on any atom is -0.398 e. The van der Waals surface area contributed by atoms with Crippen LogP contribution >= 0.6 is 0 Å². The summed E-state index contributed by atoms with van der Waals surface area (Å²) in [6, 6.07) is 16.1. The number of rotatable bonds is 1. The van der Waals surface area contributed by atoms with Crippen LogP contribution in [0.25, 0.3) is 11.1 Å². The zero-order valence-corrected chi connectivity index (χ0v) is 14.0. The molecule has 0 aliphatic carbocycles. The van der Waals surface area contributed by atoms with Crippen LogP contribution in [0.3, 0.4) is 0 Å². The minimum absolute atomic E-state index is 0.0495. The molecule has 2 rings (SSSR count). The molecule has 0 aromatic heterocycles. The zero-order chi connectivity index (χ0) is 15.8. The maximum absolute atomic E-state index is 6.15. The maximum Gasteiger partial charge on any atom is 0.0352 e. The van der Waals surface area contributed by atoms with E-state index >= 15 is 0 Å². The molecule has 0 heterocycles. The smallest absolute Gasteiger partial charge is 0.0352 e. The lowest BCUT2D eigenvalue weighted by Gasteiger charge is -2.23. The Labute approximate surface area is 129 Å². The molecule has 2 N–H and O–H groups in total. The molecule has 0 saturated heterocycles. The molecule has 0 amide bonds. The van der Waals surface area contributed by atoms with Gasteiger partial charge in [-0.1, -0.05) is 65.8 Å². The van der Waals surface area contributed by atoms with E-state index in [1.165, 1.54) is 22.3 Å². The highest BCUT2D eigenvalue weighted by Gasteiger charge is 2.18. The van der Waals surface area contributed by atoms with Crippen LogP contribution in [0.5, 0.6) is 0 Å². The number of hydrogen-bond acceptors (Lipinski definition) is 1. The molecule has 0 aliphatic heterocycles. The summed E-state index contributed by atoms with van der Waals surface area (Å²) in [5.41, 5.74) is 12.0. The standard InChI is InChI=1S/C20H26N/c1-19(2,3)16-9-7-8-14(12-16)15-10-11-18(21)17(13-15)20(4,5)6/h7-8,10-13H,21H2,1-6H3. The lowest BCUT2D eigenvalue weighted by molar-refractivity contribution is 0.589. The van der Waals surface area contributed by atoms with E-state index in [9.17, 15) is 0 Å². The van der Waals surface area contributed by atoms with Crippen LogP contribution in [-0.4, -0.2) is 0 Å². The summed E-state index contributed by atoms with van der Waals surface area (Å²) in [6.07, 6.45) is 0. The molecular formula is C20H26N. The number of benzene rings is 2. The van der Waals surface area contributed by atoms with Crippen LogP contribution in [0.15, 0.2) is 36.4 Å². The van der Waals surface area contributed by atoms with E-state index in [2.05, 4.69) is 71.9 Å². The van der Waals surface area contributed by atoms with E-state index in [0.717, 1.165) is 5.69 Å². The Morgan fingerprint density at radius 3 is 2.00 bits per heavy atom. The van der Waals surface area contributed by atoms with Crippen LogP contribution in [0, 0.1) is 6.07 Å². The molecule has 0 atom stereocenters. The summed E-state index contributed by atoms with van der Waals surface area (Å²) >= 11 is 0. The van der Waals surface area contributed by atoms with Crippen molar-refractivity contribution >= 4 is 5.69 Å². The van der Waals surface area contributed by atoms with Crippen molar-refractivity contribution in [2.45, 2.75) is 52.4 Å². The molecule has 21 heavy (non-hydrogen) atoms. The van der Waals surface area contributed by atoms with Crippen molar-refractivity contribution < 1.29 is 0 Å². The average Bonchev–Trinajstić information content (AvgIpc) is 2.37. The molecule has 2 aromatic carbocycles. The lowest BCUT2D eigenvalue weighted by atomic mass is 9.82. The number of nitrogens with two attached hydrogens (primary N) is 1. The summed E-state index contributed by atoms with van der Waals surface area (Å²) in [5, 5.41) is 0. The lowest BCUT2D eigenvalue weighted by Crippen LogP contribution is -2.14. The van der Waals surface area contributed by atoms with Gasteiger partial charge in [0.05, 0.1) is 0 Å². The first-order chi connectivity index (χ1) is 9.59. The fourth-order valence-corrected chi connectivity index (χ4v) is 2.46.